The molecule has 3 heteroatoms. The second-order valence-electron chi connectivity index (χ2n) is 11.1. The monoisotopic (exact) mass is 446 g/mol. The minimum atomic E-state index is -0.812. The molecule has 1 aromatic carbocycles. The summed E-state index contributed by atoms with van der Waals surface area (Å²) in [7, 11) is 0. The summed E-state index contributed by atoms with van der Waals surface area (Å²) in [6, 6.07) is 3.37. The molecular weight excluding hydrogens is 402 g/mol. The van der Waals surface area contributed by atoms with E-state index < -0.39 is 11.6 Å². The Morgan fingerprint density at radius 3 is 1.69 bits per heavy atom. The third kappa shape index (κ3) is 5.50. The van der Waals surface area contributed by atoms with Crippen LogP contribution in [0, 0.1) is 41.2 Å². The van der Waals surface area contributed by atoms with Gasteiger partial charge in [0, 0.05) is 0 Å². The molecule has 0 radical (unpaired) electrons. The summed E-state index contributed by atoms with van der Waals surface area (Å²) in [6.45, 7) is 4.47. The molecule has 0 amide bonds. The summed E-state index contributed by atoms with van der Waals surface area (Å²) in [5.74, 6) is 3.35. The number of benzene rings is 1. The Labute approximate surface area is 194 Å². The highest BCUT2D eigenvalue weighted by Gasteiger charge is 2.35. The third-order valence-corrected chi connectivity index (χ3v) is 9.33. The fourth-order valence-electron chi connectivity index (χ4n) is 7.47. The number of hydrogen-bond donors (Lipinski definition) is 0. The lowest BCUT2D eigenvalue weighted by molar-refractivity contribution is 0.108. The van der Waals surface area contributed by atoms with Gasteiger partial charge >= 0.3 is 0 Å². The highest BCUT2D eigenvalue weighted by atomic mass is 19.2. The van der Waals surface area contributed by atoms with Crippen molar-refractivity contribution < 1.29 is 13.5 Å². The van der Waals surface area contributed by atoms with Crippen LogP contribution in [-0.2, 0) is 0 Å². The zero-order valence-electron chi connectivity index (χ0n) is 20.4. The largest absolute Gasteiger partial charge is 0.491 e. The van der Waals surface area contributed by atoms with Crippen LogP contribution in [0.1, 0.15) is 115 Å². The molecule has 4 rings (SSSR count). The molecule has 3 fully saturated rings. The Hall–Kier alpha value is -1.12. The van der Waals surface area contributed by atoms with E-state index in [0.29, 0.717) is 12.2 Å². The first-order valence-electron chi connectivity index (χ1n) is 13.7. The molecule has 1 nitrogen and oxygen atoms in total. The van der Waals surface area contributed by atoms with Crippen molar-refractivity contribution in [3.63, 3.8) is 0 Å². The quantitative estimate of drug-likeness (QED) is 0.406. The van der Waals surface area contributed by atoms with Crippen LogP contribution in [0.25, 0.3) is 0 Å². The van der Waals surface area contributed by atoms with E-state index in [0.717, 1.165) is 42.4 Å². The fourth-order valence-corrected chi connectivity index (χ4v) is 7.47. The van der Waals surface area contributed by atoms with Gasteiger partial charge in [0.2, 0.25) is 5.82 Å². The maximum absolute atomic E-state index is 14.7. The highest BCUT2D eigenvalue weighted by Crippen LogP contribution is 2.47. The first-order valence-corrected chi connectivity index (χ1v) is 13.7. The topological polar surface area (TPSA) is 9.23 Å². The van der Waals surface area contributed by atoms with Crippen molar-refractivity contribution >= 4 is 0 Å². The van der Waals surface area contributed by atoms with E-state index in [1.54, 1.807) is 19.1 Å². The van der Waals surface area contributed by atoms with Crippen molar-refractivity contribution in [3.05, 3.63) is 29.3 Å². The van der Waals surface area contributed by atoms with Crippen LogP contribution in [0.15, 0.2) is 12.1 Å². The van der Waals surface area contributed by atoms with Crippen molar-refractivity contribution in [3.8, 4) is 5.75 Å². The van der Waals surface area contributed by atoms with Crippen LogP contribution >= 0.6 is 0 Å². The van der Waals surface area contributed by atoms with Crippen LogP contribution in [-0.4, -0.2) is 6.61 Å². The fraction of sp³-hybridized carbons (Fsp3) is 0.793. The second-order valence-corrected chi connectivity index (χ2v) is 11.1. The van der Waals surface area contributed by atoms with Crippen molar-refractivity contribution in [2.75, 3.05) is 6.61 Å². The lowest BCUT2D eigenvalue weighted by atomic mass is 9.64. The molecule has 0 spiro atoms. The van der Waals surface area contributed by atoms with Crippen molar-refractivity contribution in [1.82, 2.24) is 0 Å². The number of halogens is 2. The first kappa shape index (κ1) is 24.0. The van der Waals surface area contributed by atoms with Gasteiger partial charge in [-0.1, -0.05) is 38.7 Å². The Balaban J connectivity index is 1.23. The molecule has 0 aliphatic heterocycles. The molecule has 0 saturated heterocycles. The third-order valence-electron chi connectivity index (χ3n) is 9.33. The van der Waals surface area contributed by atoms with E-state index in [-0.39, 0.29) is 11.7 Å². The molecule has 0 bridgehead atoms. The lowest BCUT2D eigenvalue weighted by Crippen LogP contribution is -2.29. The Bertz CT molecular complexity index is 708. The van der Waals surface area contributed by atoms with E-state index in [1.807, 2.05) is 0 Å². The molecule has 32 heavy (non-hydrogen) atoms. The molecule has 0 heterocycles. The average molecular weight is 447 g/mol. The van der Waals surface area contributed by atoms with E-state index in [9.17, 15) is 8.78 Å². The zero-order chi connectivity index (χ0) is 22.5. The molecule has 1 aromatic rings. The maximum Gasteiger partial charge on any atom is 0.200 e. The Kier molecular flexibility index (Phi) is 8.51. The van der Waals surface area contributed by atoms with Crippen LogP contribution in [0.3, 0.4) is 0 Å². The zero-order valence-corrected chi connectivity index (χ0v) is 20.4. The smallest absolute Gasteiger partial charge is 0.200 e. The predicted molar refractivity (Wildman–Crippen MR) is 128 cm³/mol. The van der Waals surface area contributed by atoms with E-state index >= 15 is 0 Å². The standard InChI is InChI=1S/C29H44F2O/c1-3-5-20-6-8-21(9-7-20)22-10-12-23(13-11-22)24-14-16-25(17-15-24)26-18-19-27(32-4-2)29(31)28(26)30/h18-25H,3-17H2,1-2H3. The second kappa shape index (κ2) is 11.3. The summed E-state index contributed by atoms with van der Waals surface area (Å²) in [6.07, 6.45) is 18.7. The van der Waals surface area contributed by atoms with E-state index in [1.165, 1.54) is 77.0 Å². The maximum atomic E-state index is 14.7. The summed E-state index contributed by atoms with van der Waals surface area (Å²) >= 11 is 0. The summed E-state index contributed by atoms with van der Waals surface area (Å²) in [5.41, 5.74) is 0.562. The molecule has 180 valence electrons. The number of ether oxygens (including phenoxy) is 1. The Morgan fingerprint density at radius 1 is 0.688 bits per heavy atom. The van der Waals surface area contributed by atoms with Gasteiger partial charge in [0.1, 0.15) is 0 Å². The molecule has 3 aliphatic carbocycles. The van der Waals surface area contributed by atoms with Gasteiger partial charge in [0.15, 0.2) is 11.6 Å². The lowest BCUT2D eigenvalue weighted by Gasteiger charge is -2.41. The van der Waals surface area contributed by atoms with Gasteiger partial charge in [0.25, 0.3) is 0 Å². The summed E-state index contributed by atoms with van der Waals surface area (Å²) in [4.78, 5) is 0. The van der Waals surface area contributed by atoms with Crippen molar-refractivity contribution in [2.45, 2.75) is 110 Å². The number of hydrogen-bond acceptors (Lipinski definition) is 1. The van der Waals surface area contributed by atoms with Crippen molar-refractivity contribution in [1.29, 1.82) is 0 Å². The first-order chi connectivity index (χ1) is 15.6. The van der Waals surface area contributed by atoms with Crippen LogP contribution in [0.2, 0.25) is 0 Å². The van der Waals surface area contributed by atoms with Gasteiger partial charge in [0.05, 0.1) is 6.61 Å². The van der Waals surface area contributed by atoms with E-state index in [4.69, 9.17) is 4.74 Å². The summed E-state index contributed by atoms with van der Waals surface area (Å²) < 4.78 is 34.2. The summed E-state index contributed by atoms with van der Waals surface area (Å²) in [5, 5.41) is 0. The molecule has 0 aromatic heterocycles. The van der Waals surface area contributed by atoms with Gasteiger partial charge in [-0.15, -0.1) is 0 Å². The van der Waals surface area contributed by atoms with Crippen LogP contribution in [0.5, 0.6) is 5.75 Å². The highest BCUT2D eigenvalue weighted by molar-refractivity contribution is 5.33. The van der Waals surface area contributed by atoms with Crippen LogP contribution in [0.4, 0.5) is 8.78 Å². The van der Waals surface area contributed by atoms with Crippen molar-refractivity contribution in [2.24, 2.45) is 29.6 Å². The van der Waals surface area contributed by atoms with Gasteiger partial charge in [-0.05, 0) is 118 Å². The van der Waals surface area contributed by atoms with Crippen LogP contribution < -0.4 is 4.74 Å². The van der Waals surface area contributed by atoms with E-state index in [2.05, 4.69) is 6.92 Å². The van der Waals surface area contributed by atoms with Gasteiger partial charge < -0.3 is 4.74 Å². The van der Waals surface area contributed by atoms with Gasteiger partial charge in [-0.25, -0.2) is 4.39 Å². The number of rotatable bonds is 7. The SMILES string of the molecule is CCCC1CCC(C2CCC(C3CCC(c4ccc(OCC)c(F)c4F)CC3)CC2)CC1. The molecule has 0 N–H and O–H groups in total. The molecular formula is C29H44F2O. The minimum Gasteiger partial charge on any atom is -0.491 e. The van der Waals surface area contributed by atoms with Gasteiger partial charge in [-0.3, -0.25) is 0 Å². The Morgan fingerprint density at radius 2 is 1.19 bits per heavy atom. The molecule has 0 atom stereocenters. The average Bonchev–Trinajstić information content (AvgIpc) is 2.83. The minimum absolute atomic E-state index is 0.0399. The molecule has 3 aliphatic rings. The van der Waals surface area contributed by atoms with Gasteiger partial charge in [-0.2, -0.15) is 4.39 Å². The molecule has 0 unspecified atom stereocenters. The predicted octanol–water partition coefficient (Wildman–Crippen LogP) is 9.05. The molecule has 3 saturated carbocycles. The normalized spacial score (nSPS) is 33.8.